The lowest BCUT2D eigenvalue weighted by atomic mass is 10.1. The zero-order valence-corrected chi connectivity index (χ0v) is 12.7. The summed E-state index contributed by atoms with van der Waals surface area (Å²) in [6.45, 7) is 1.90. The molecular formula is C17H15N3O3. The standard InChI is InChI=1S/C17H15N3O3/c1-11-10-16(18-13-7-3-4-9-15(13)23-2)19-17-12(11)6-5-8-14(17)20(21)22/h3-10H,1-2H3,(H,18,19). The van der Waals surface area contributed by atoms with Gasteiger partial charge in [0.1, 0.15) is 11.6 Å². The van der Waals surface area contributed by atoms with Gasteiger partial charge in [-0.3, -0.25) is 10.1 Å². The molecule has 6 heteroatoms. The lowest BCUT2D eigenvalue weighted by Gasteiger charge is -2.12. The van der Waals surface area contributed by atoms with E-state index in [0.29, 0.717) is 17.1 Å². The van der Waals surface area contributed by atoms with Gasteiger partial charge in [0.15, 0.2) is 5.52 Å². The molecular weight excluding hydrogens is 294 g/mol. The van der Waals surface area contributed by atoms with E-state index in [2.05, 4.69) is 10.3 Å². The maximum absolute atomic E-state index is 11.2. The van der Waals surface area contributed by atoms with Crippen molar-refractivity contribution in [3.8, 4) is 5.75 Å². The summed E-state index contributed by atoms with van der Waals surface area (Å²) in [5, 5.41) is 15.2. The number of nitro groups is 1. The predicted octanol–water partition coefficient (Wildman–Crippen LogP) is 4.20. The van der Waals surface area contributed by atoms with Gasteiger partial charge in [-0.25, -0.2) is 4.98 Å². The fraction of sp³-hybridized carbons (Fsp3) is 0.118. The SMILES string of the molecule is COc1ccccc1Nc1cc(C)c2cccc([N+](=O)[O-])c2n1. The molecule has 6 nitrogen and oxygen atoms in total. The number of benzene rings is 2. The first-order valence-corrected chi connectivity index (χ1v) is 7.05. The molecule has 3 aromatic rings. The van der Waals surface area contributed by atoms with Crippen LogP contribution in [0.3, 0.4) is 0 Å². The molecule has 0 aliphatic rings. The van der Waals surface area contributed by atoms with Gasteiger partial charge in [0, 0.05) is 11.5 Å². The summed E-state index contributed by atoms with van der Waals surface area (Å²) in [6, 6.07) is 14.3. The van der Waals surface area contributed by atoms with Crippen molar-refractivity contribution in [1.29, 1.82) is 0 Å². The first-order chi connectivity index (χ1) is 11.1. The Hall–Kier alpha value is -3.15. The Kier molecular flexibility index (Phi) is 3.80. The van der Waals surface area contributed by atoms with Crippen molar-refractivity contribution in [3.05, 3.63) is 64.2 Å². The molecule has 0 aliphatic heterocycles. The van der Waals surface area contributed by atoms with Crippen molar-refractivity contribution < 1.29 is 9.66 Å². The van der Waals surface area contributed by atoms with E-state index in [4.69, 9.17) is 4.74 Å². The molecule has 1 aromatic heterocycles. The minimum Gasteiger partial charge on any atom is -0.495 e. The van der Waals surface area contributed by atoms with Gasteiger partial charge in [0.25, 0.3) is 5.69 Å². The fourth-order valence-corrected chi connectivity index (χ4v) is 2.50. The molecule has 0 radical (unpaired) electrons. The second-order valence-corrected chi connectivity index (χ2v) is 5.08. The highest BCUT2D eigenvalue weighted by molar-refractivity contribution is 5.91. The molecule has 0 aliphatic carbocycles. The Morgan fingerprint density at radius 2 is 1.96 bits per heavy atom. The number of aryl methyl sites for hydroxylation is 1. The lowest BCUT2D eigenvalue weighted by Crippen LogP contribution is -1.99. The number of anilines is 2. The average molecular weight is 309 g/mol. The number of pyridine rings is 1. The van der Waals surface area contributed by atoms with E-state index in [1.54, 1.807) is 13.2 Å². The minimum atomic E-state index is -0.415. The minimum absolute atomic E-state index is 0.00530. The van der Waals surface area contributed by atoms with E-state index >= 15 is 0 Å². The van der Waals surface area contributed by atoms with Gasteiger partial charge < -0.3 is 10.1 Å². The van der Waals surface area contributed by atoms with Crippen LogP contribution >= 0.6 is 0 Å². The number of nitrogens with zero attached hydrogens (tertiary/aromatic N) is 2. The third-order valence-corrected chi connectivity index (χ3v) is 3.59. The van der Waals surface area contributed by atoms with Gasteiger partial charge in [-0.2, -0.15) is 0 Å². The van der Waals surface area contributed by atoms with Crippen molar-refractivity contribution in [2.24, 2.45) is 0 Å². The second kappa shape index (κ2) is 5.92. The van der Waals surface area contributed by atoms with Crippen LogP contribution in [0.1, 0.15) is 5.56 Å². The van der Waals surface area contributed by atoms with E-state index in [1.807, 2.05) is 43.3 Å². The van der Waals surface area contributed by atoms with Gasteiger partial charge in [0.2, 0.25) is 0 Å². The number of methoxy groups -OCH3 is 1. The Morgan fingerprint density at radius 3 is 2.70 bits per heavy atom. The Labute approximate surface area is 132 Å². The first kappa shape index (κ1) is 14.8. The highest BCUT2D eigenvalue weighted by Crippen LogP contribution is 2.31. The zero-order chi connectivity index (χ0) is 16.4. The van der Waals surface area contributed by atoms with E-state index in [-0.39, 0.29) is 5.69 Å². The normalized spacial score (nSPS) is 10.5. The fourth-order valence-electron chi connectivity index (χ4n) is 2.50. The van der Waals surface area contributed by atoms with Crippen LogP contribution in [0.5, 0.6) is 5.75 Å². The van der Waals surface area contributed by atoms with Gasteiger partial charge >= 0.3 is 0 Å². The number of fused-ring (bicyclic) bond motifs is 1. The van der Waals surface area contributed by atoms with Gasteiger partial charge in [-0.15, -0.1) is 0 Å². The second-order valence-electron chi connectivity index (χ2n) is 5.08. The summed E-state index contributed by atoms with van der Waals surface area (Å²) in [6.07, 6.45) is 0. The van der Waals surface area contributed by atoms with Crippen LogP contribution < -0.4 is 10.1 Å². The summed E-state index contributed by atoms with van der Waals surface area (Å²) in [5.41, 5.74) is 2.03. The first-order valence-electron chi connectivity index (χ1n) is 7.05. The van der Waals surface area contributed by atoms with Crippen LogP contribution in [0.2, 0.25) is 0 Å². The lowest BCUT2D eigenvalue weighted by molar-refractivity contribution is -0.383. The molecule has 23 heavy (non-hydrogen) atoms. The van der Waals surface area contributed by atoms with Crippen molar-refractivity contribution in [2.45, 2.75) is 6.92 Å². The quantitative estimate of drug-likeness (QED) is 0.577. The number of hydrogen-bond donors (Lipinski definition) is 1. The molecule has 1 N–H and O–H groups in total. The smallest absolute Gasteiger partial charge is 0.295 e. The van der Waals surface area contributed by atoms with Crippen molar-refractivity contribution in [2.75, 3.05) is 12.4 Å². The van der Waals surface area contributed by atoms with Gasteiger partial charge in [-0.05, 0) is 30.7 Å². The third kappa shape index (κ3) is 2.78. The number of para-hydroxylation sites is 3. The Bertz CT molecular complexity index is 893. The van der Waals surface area contributed by atoms with Crippen LogP contribution in [0.25, 0.3) is 10.9 Å². The molecule has 0 bridgehead atoms. The molecule has 1 heterocycles. The number of aromatic nitrogens is 1. The summed E-state index contributed by atoms with van der Waals surface area (Å²) < 4.78 is 5.30. The number of nitrogens with one attached hydrogen (secondary N) is 1. The summed E-state index contributed by atoms with van der Waals surface area (Å²) in [4.78, 5) is 15.2. The molecule has 0 amide bonds. The molecule has 116 valence electrons. The number of nitro benzene ring substituents is 1. The van der Waals surface area contributed by atoms with E-state index in [0.717, 1.165) is 16.6 Å². The molecule has 0 atom stereocenters. The number of ether oxygens (including phenoxy) is 1. The average Bonchev–Trinajstić information content (AvgIpc) is 2.55. The molecule has 3 rings (SSSR count). The van der Waals surface area contributed by atoms with E-state index in [9.17, 15) is 10.1 Å². The molecule has 0 unspecified atom stereocenters. The van der Waals surface area contributed by atoms with Crippen molar-refractivity contribution >= 4 is 28.1 Å². The third-order valence-electron chi connectivity index (χ3n) is 3.59. The summed E-state index contributed by atoms with van der Waals surface area (Å²) >= 11 is 0. The summed E-state index contributed by atoms with van der Waals surface area (Å²) in [7, 11) is 1.59. The zero-order valence-electron chi connectivity index (χ0n) is 12.7. The molecule has 2 aromatic carbocycles. The van der Waals surface area contributed by atoms with Crippen LogP contribution in [0.15, 0.2) is 48.5 Å². The van der Waals surface area contributed by atoms with Crippen LogP contribution in [-0.4, -0.2) is 17.0 Å². The highest BCUT2D eigenvalue weighted by Gasteiger charge is 2.15. The molecule has 0 fully saturated rings. The molecule has 0 saturated heterocycles. The number of hydrogen-bond acceptors (Lipinski definition) is 5. The van der Waals surface area contributed by atoms with Crippen molar-refractivity contribution in [1.82, 2.24) is 4.98 Å². The Balaban J connectivity index is 2.12. The molecule has 0 saturated carbocycles. The van der Waals surface area contributed by atoms with Crippen LogP contribution in [0, 0.1) is 17.0 Å². The maximum atomic E-state index is 11.2. The van der Waals surface area contributed by atoms with Gasteiger partial charge in [0.05, 0.1) is 17.7 Å². The van der Waals surface area contributed by atoms with Crippen molar-refractivity contribution in [3.63, 3.8) is 0 Å². The van der Waals surface area contributed by atoms with E-state index in [1.165, 1.54) is 6.07 Å². The Morgan fingerprint density at radius 1 is 1.17 bits per heavy atom. The van der Waals surface area contributed by atoms with Gasteiger partial charge in [-0.1, -0.05) is 24.3 Å². The topological polar surface area (TPSA) is 77.3 Å². The van der Waals surface area contributed by atoms with Crippen LogP contribution in [-0.2, 0) is 0 Å². The van der Waals surface area contributed by atoms with Crippen LogP contribution in [0.4, 0.5) is 17.2 Å². The highest BCUT2D eigenvalue weighted by atomic mass is 16.6. The largest absolute Gasteiger partial charge is 0.495 e. The maximum Gasteiger partial charge on any atom is 0.295 e. The van der Waals surface area contributed by atoms with E-state index < -0.39 is 4.92 Å². The number of non-ortho nitro benzene ring substituents is 1. The number of rotatable bonds is 4. The monoisotopic (exact) mass is 309 g/mol. The predicted molar refractivity (Wildman–Crippen MR) is 89.4 cm³/mol. The molecule has 0 spiro atoms. The summed E-state index contributed by atoms with van der Waals surface area (Å²) in [5.74, 6) is 1.21.